The van der Waals surface area contributed by atoms with Gasteiger partial charge in [-0.3, -0.25) is 14.4 Å². The van der Waals surface area contributed by atoms with Crippen molar-refractivity contribution in [3.63, 3.8) is 0 Å². The molecular formula is C69H124O6. The number of carbonyl (C=O) groups is 3. The van der Waals surface area contributed by atoms with Crippen molar-refractivity contribution in [1.29, 1.82) is 0 Å². The van der Waals surface area contributed by atoms with Crippen LogP contribution >= 0.6 is 0 Å². The highest BCUT2D eigenvalue weighted by Gasteiger charge is 2.19. The summed E-state index contributed by atoms with van der Waals surface area (Å²) in [6.07, 6.45) is 81.0. The van der Waals surface area contributed by atoms with E-state index in [1.165, 1.54) is 212 Å². The van der Waals surface area contributed by atoms with Crippen LogP contribution in [-0.2, 0) is 28.6 Å². The third kappa shape index (κ3) is 61.8. The first-order valence-electron chi connectivity index (χ1n) is 32.8. The van der Waals surface area contributed by atoms with Gasteiger partial charge in [0.05, 0.1) is 0 Å². The van der Waals surface area contributed by atoms with Crippen LogP contribution in [0.2, 0.25) is 0 Å². The minimum absolute atomic E-state index is 0.0758. The quantitative estimate of drug-likeness (QED) is 0.0261. The van der Waals surface area contributed by atoms with Crippen molar-refractivity contribution in [3.8, 4) is 0 Å². The van der Waals surface area contributed by atoms with Gasteiger partial charge in [-0.15, -0.1) is 0 Å². The molecule has 0 aromatic carbocycles. The third-order valence-corrected chi connectivity index (χ3v) is 14.5. The zero-order valence-electron chi connectivity index (χ0n) is 50.1. The number of hydrogen-bond donors (Lipinski definition) is 0. The number of rotatable bonds is 60. The van der Waals surface area contributed by atoms with E-state index < -0.39 is 6.10 Å². The lowest BCUT2D eigenvalue weighted by Gasteiger charge is -2.18. The van der Waals surface area contributed by atoms with Crippen LogP contribution in [0.5, 0.6) is 0 Å². The second kappa shape index (κ2) is 63.6. The summed E-state index contributed by atoms with van der Waals surface area (Å²) in [7, 11) is 0. The maximum absolute atomic E-state index is 12.9. The van der Waals surface area contributed by atoms with E-state index >= 15 is 0 Å². The molecule has 0 aromatic heterocycles. The molecule has 1 unspecified atom stereocenters. The van der Waals surface area contributed by atoms with Crippen LogP contribution in [0.1, 0.15) is 342 Å². The molecule has 0 spiro atoms. The standard InChI is InChI=1S/C69H124O6/c1-4-7-10-13-16-19-22-24-26-28-30-32-34-36-38-40-42-44-47-50-53-56-59-62-68(71)74-65-66(64-73-67(70)61-58-55-52-49-46-21-18-15-12-9-6-3)75-69(72)63-60-57-54-51-48-45-43-41-39-37-35-33-31-29-27-25-23-20-17-14-11-8-5-2/h7,10,15-16,18-19,24,26,30,32,66H,4-6,8-9,11-14,17,20-23,25,27-29,31,33-65H2,1-3H3/b10-7-,18-15-,19-16-,26-24-,32-30-. The average molecular weight is 1050 g/mol. The molecule has 436 valence electrons. The zero-order chi connectivity index (χ0) is 54.3. The summed E-state index contributed by atoms with van der Waals surface area (Å²) in [5.41, 5.74) is 0. The topological polar surface area (TPSA) is 78.9 Å². The Labute approximate surface area is 466 Å². The predicted octanol–water partition coefficient (Wildman–Crippen LogP) is 22.3. The molecule has 0 heterocycles. The molecule has 0 radical (unpaired) electrons. The molecule has 6 heteroatoms. The summed E-state index contributed by atoms with van der Waals surface area (Å²) in [4.78, 5) is 38.3. The molecule has 1 atom stereocenters. The number of esters is 3. The first-order valence-corrected chi connectivity index (χ1v) is 32.8. The Hall–Kier alpha value is -2.89. The smallest absolute Gasteiger partial charge is 0.306 e. The summed E-state index contributed by atoms with van der Waals surface area (Å²) >= 11 is 0. The fourth-order valence-electron chi connectivity index (χ4n) is 9.59. The Bertz CT molecular complexity index is 1340. The van der Waals surface area contributed by atoms with Crippen molar-refractivity contribution in [1.82, 2.24) is 0 Å². The zero-order valence-corrected chi connectivity index (χ0v) is 50.1. The van der Waals surface area contributed by atoms with Gasteiger partial charge in [-0.25, -0.2) is 0 Å². The number of ether oxygens (including phenoxy) is 3. The summed E-state index contributed by atoms with van der Waals surface area (Å²) in [6.45, 7) is 6.53. The molecule has 0 saturated heterocycles. The summed E-state index contributed by atoms with van der Waals surface area (Å²) in [6, 6.07) is 0. The fraction of sp³-hybridized carbons (Fsp3) is 0.812. The van der Waals surface area contributed by atoms with Crippen LogP contribution in [0, 0.1) is 0 Å². The van der Waals surface area contributed by atoms with E-state index in [0.29, 0.717) is 19.3 Å². The minimum atomic E-state index is -0.778. The van der Waals surface area contributed by atoms with Crippen LogP contribution < -0.4 is 0 Å². The van der Waals surface area contributed by atoms with Crippen LogP contribution in [0.15, 0.2) is 60.8 Å². The molecule has 0 aromatic rings. The van der Waals surface area contributed by atoms with Gasteiger partial charge >= 0.3 is 17.9 Å². The van der Waals surface area contributed by atoms with E-state index in [0.717, 1.165) is 89.9 Å². The lowest BCUT2D eigenvalue weighted by Crippen LogP contribution is -2.30. The van der Waals surface area contributed by atoms with Gasteiger partial charge in [0, 0.05) is 19.3 Å². The van der Waals surface area contributed by atoms with Crippen LogP contribution in [0.25, 0.3) is 0 Å². The van der Waals surface area contributed by atoms with E-state index in [9.17, 15) is 14.4 Å². The molecule has 0 aliphatic rings. The van der Waals surface area contributed by atoms with Crippen LogP contribution in [-0.4, -0.2) is 37.2 Å². The van der Waals surface area contributed by atoms with Gasteiger partial charge in [-0.2, -0.15) is 0 Å². The molecule has 0 rings (SSSR count). The molecule has 0 saturated carbocycles. The van der Waals surface area contributed by atoms with Gasteiger partial charge in [0.15, 0.2) is 6.10 Å². The predicted molar refractivity (Wildman–Crippen MR) is 325 cm³/mol. The maximum Gasteiger partial charge on any atom is 0.306 e. The Morgan fingerprint density at radius 1 is 0.280 bits per heavy atom. The van der Waals surface area contributed by atoms with Crippen LogP contribution in [0.4, 0.5) is 0 Å². The van der Waals surface area contributed by atoms with Gasteiger partial charge in [0.25, 0.3) is 0 Å². The van der Waals surface area contributed by atoms with E-state index in [1.807, 2.05) is 0 Å². The van der Waals surface area contributed by atoms with Crippen molar-refractivity contribution >= 4 is 17.9 Å². The molecule has 6 nitrogen and oxygen atoms in total. The normalized spacial score (nSPS) is 12.4. The molecule has 0 aliphatic heterocycles. The van der Waals surface area contributed by atoms with Gasteiger partial charge < -0.3 is 14.2 Å². The average Bonchev–Trinajstić information content (AvgIpc) is 3.41. The van der Waals surface area contributed by atoms with Gasteiger partial charge in [-0.05, 0) is 77.0 Å². The number of unbranched alkanes of at least 4 members (excludes halogenated alkanes) is 39. The lowest BCUT2D eigenvalue weighted by molar-refractivity contribution is -0.167. The summed E-state index contributed by atoms with van der Waals surface area (Å²) in [5.74, 6) is -0.870. The molecule has 0 N–H and O–H groups in total. The van der Waals surface area contributed by atoms with Crippen molar-refractivity contribution in [2.45, 2.75) is 348 Å². The van der Waals surface area contributed by atoms with Gasteiger partial charge in [-0.1, -0.05) is 306 Å². The highest BCUT2D eigenvalue weighted by atomic mass is 16.6. The van der Waals surface area contributed by atoms with Crippen molar-refractivity contribution in [3.05, 3.63) is 60.8 Å². The van der Waals surface area contributed by atoms with Crippen molar-refractivity contribution < 1.29 is 28.6 Å². The van der Waals surface area contributed by atoms with Crippen LogP contribution in [0.3, 0.4) is 0 Å². The minimum Gasteiger partial charge on any atom is -0.462 e. The third-order valence-electron chi connectivity index (χ3n) is 14.5. The highest BCUT2D eigenvalue weighted by Crippen LogP contribution is 2.18. The van der Waals surface area contributed by atoms with E-state index in [-0.39, 0.29) is 31.1 Å². The SMILES string of the molecule is CC/C=C\C/C=C\C/C=C\C/C=C\CCCCCCCCCCCCC(=O)OCC(COC(=O)CCCCCCC/C=C\CCCC)OC(=O)CCCCCCCCCCCCCCCCCCCCCCCCC. The Kier molecular flexibility index (Phi) is 61.2. The molecule has 0 amide bonds. The summed E-state index contributed by atoms with van der Waals surface area (Å²) in [5, 5.41) is 0. The number of allylic oxidation sites excluding steroid dienone is 10. The van der Waals surface area contributed by atoms with E-state index in [4.69, 9.17) is 14.2 Å². The Balaban J connectivity index is 4.24. The molecule has 0 fully saturated rings. The van der Waals surface area contributed by atoms with Gasteiger partial charge in [0.1, 0.15) is 13.2 Å². The lowest BCUT2D eigenvalue weighted by atomic mass is 10.0. The van der Waals surface area contributed by atoms with E-state index in [2.05, 4.69) is 81.5 Å². The fourth-order valence-corrected chi connectivity index (χ4v) is 9.59. The molecule has 75 heavy (non-hydrogen) atoms. The van der Waals surface area contributed by atoms with Gasteiger partial charge in [0.2, 0.25) is 0 Å². The Morgan fingerprint density at radius 3 is 0.867 bits per heavy atom. The molecular weight excluding hydrogens is 925 g/mol. The van der Waals surface area contributed by atoms with Crippen molar-refractivity contribution in [2.24, 2.45) is 0 Å². The second-order valence-electron chi connectivity index (χ2n) is 22.0. The number of carbonyl (C=O) groups excluding carboxylic acids is 3. The second-order valence-corrected chi connectivity index (χ2v) is 22.0. The van der Waals surface area contributed by atoms with Crippen molar-refractivity contribution in [2.75, 3.05) is 13.2 Å². The largest absolute Gasteiger partial charge is 0.462 e. The first-order chi connectivity index (χ1) is 37.0. The molecule has 0 aliphatic carbocycles. The highest BCUT2D eigenvalue weighted by molar-refractivity contribution is 5.71. The van der Waals surface area contributed by atoms with E-state index in [1.54, 1.807) is 0 Å². The first kappa shape index (κ1) is 72.1. The number of hydrogen-bond acceptors (Lipinski definition) is 6. The maximum atomic E-state index is 12.9. The summed E-state index contributed by atoms with van der Waals surface area (Å²) < 4.78 is 16.9. The Morgan fingerprint density at radius 2 is 0.533 bits per heavy atom. The molecule has 0 bridgehead atoms. The monoisotopic (exact) mass is 1050 g/mol.